The highest BCUT2D eigenvalue weighted by Gasteiger charge is 2.24. The van der Waals surface area contributed by atoms with Crippen molar-refractivity contribution < 1.29 is 5.11 Å². The van der Waals surface area contributed by atoms with Gasteiger partial charge in [-0.15, -0.1) is 0 Å². The lowest BCUT2D eigenvalue weighted by atomic mass is 9.95. The molecule has 0 aromatic carbocycles. The molecule has 0 aliphatic rings. The first-order valence-corrected chi connectivity index (χ1v) is 6.11. The summed E-state index contributed by atoms with van der Waals surface area (Å²) in [5.74, 6) is 2.02. The molecule has 0 fully saturated rings. The summed E-state index contributed by atoms with van der Waals surface area (Å²) >= 11 is 1.75. The lowest BCUT2D eigenvalue weighted by Crippen LogP contribution is -2.34. The minimum atomic E-state index is -0.557. The van der Waals surface area contributed by atoms with Gasteiger partial charge in [0.15, 0.2) is 0 Å². The van der Waals surface area contributed by atoms with Gasteiger partial charge in [-0.05, 0) is 19.3 Å². The van der Waals surface area contributed by atoms with Crippen LogP contribution in [-0.4, -0.2) is 28.3 Å². The van der Waals surface area contributed by atoms with Crippen LogP contribution < -0.4 is 5.73 Å². The molecule has 0 aromatic rings. The zero-order valence-electron chi connectivity index (χ0n) is 9.21. The van der Waals surface area contributed by atoms with Gasteiger partial charge < -0.3 is 10.8 Å². The summed E-state index contributed by atoms with van der Waals surface area (Å²) in [7, 11) is 0. The predicted molar refractivity (Wildman–Crippen MR) is 61.1 cm³/mol. The van der Waals surface area contributed by atoms with Crippen molar-refractivity contribution in [1.82, 2.24) is 0 Å². The van der Waals surface area contributed by atoms with E-state index in [-0.39, 0.29) is 6.04 Å². The Balaban J connectivity index is 3.63. The van der Waals surface area contributed by atoms with Gasteiger partial charge >= 0.3 is 0 Å². The molecule has 0 saturated heterocycles. The van der Waals surface area contributed by atoms with Crippen LogP contribution in [0.25, 0.3) is 0 Å². The van der Waals surface area contributed by atoms with Crippen molar-refractivity contribution >= 4 is 11.8 Å². The minimum absolute atomic E-state index is 0.271. The topological polar surface area (TPSA) is 46.2 Å². The molecule has 0 aliphatic carbocycles. The van der Waals surface area contributed by atoms with Crippen molar-refractivity contribution in [3.63, 3.8) is 0 Å². The SMILES string of the molecule is CCC(N)CSCC(C)(O)C(C)C. The number of nitrogens with two attached hydrogens (primary N) is 1. The highest BCUT2D eigenvalue weighted by Crippen LogP contribution is 2.21. The third-order valence-corrected chi connectivity index (χ3v) is 3.95. The second-order valence-electron chi connectivity index (χ2n) is 4.20. The number of thioether (sulfide) groups is 1. The van der Waals surface area contributed by atoms with E-state index in [4.69, 9.17) is 5.73 Å². The van der Waals surface area contributed by atoms with E-state index in [0.29, 0.717) is 5.92 Å². The standard InChI is InChI=1S/C10H23NOS/c1-5-9(11)6-13-7-10(4,12)8(2)3/h8-9,12H,5-7,11H2,1-4H3. The van der Waals surface area contributed by atoms with Gasteiger partial charge in [-0.3, -0.25) is 0 Å². The van der Waals surface area contributed by atoms with Crippen LogP contribution in [0.3, 0.4) is 0 Å². The van der Waals surface area contributed by atoms with Crippen LogP contribution in [0.5, 0.6) is 0 Å². The van der Waals surface area contributed by atoms with Crippen LogP contribution in [0.15, 0.2) is 0 Å². The number of aliphatic hydroxyl groups is 1. The van der Waals surface area contributed by atoms with Crippen molar-refractivity contribution in [2.75, 3.05) is 11.5 Å². The summed E-state index contributed by atoms with van der Waals surface area (Å²) in [5.41, 5.74) is 5.22. The van der Waals surface area contributed by atoms with Crippen LogP contribution in [-0.2, 0) is 0 Å². The van der Waals surface area contributed by atoms with E-state index < -0.39 is 5.60 Å². The molecule has 0 aliphatic heterocycles. The van der Waals surface area contributed by atoms with Gasteiger partial charge in [0.05, 0.1) is 5.60 Å². The van der Waals surface area contributed by atoms with Gasteiger partial charge in [0.2, 0.25) is 0 Å². The Morgan fingerprint density at radius 3 is 2.38 bits per heavy atom. The first-order valence-electron chi connectivity index (χ1n) is 4.95. The van der Waals surface area contributed by atoms with Crippen molar-refractivity contribution in [3.05, 3.63) is 0 Å². The average molecular weight is 205 g/mol. The van der Waals surface area contributed by atoms with Gasteiger partial charge in [0, 0.05) is 17.5 Å². The van der Waals surface area contributed by atoms with E-state index >= 15 is 0 Å². The molecule has 0 saturated carbocycles. The Labute approximate surface area is 86.3 Å². The second kappa shape index (κ2) is 5.89. The maximum absolute atomic E-state index is 9.92. The van der Waals surface area contributed by atoms with Gasteiger partial charge in [-0.2, -0.15) is 11.8 Å². The minimum Gasteiger partial charge on any atom is -0.389 e. The molecule has 3 heteroatoms. The summed E-state index contributed by atoms with van der Waals surface area (Å²) in [6, 6.07) is 0.271. The number of hydrogen-bond acceptors (Lipinski definition) is 3. The molecule has 2 unspecified atom stereocenters. The molecule has 0 bridgehead atoms. The van der Waals surface area contributed by atoms with Crippen LogP contribution in [0.4, 0.5) is 0 Å². The van der Waals surface area contributed by atoms with E-state index in [1.807, 2.05) is 20.8 Å². The molecule has 13 heavy (non-hydrogen) atoms. The van der Waals surface area contributed by atoms with Gasteiger partial charge in [0.25, 0.3) is 0 Å². The van der Waals surface area contributed by atoms with Crippen LogP contribution in [0.2, 0.25) is 0 Å². The number of hydrogen-bond donors (Lipinski definition) is 2. The first-order chi connectivity index (χ1) is 5.90. The van der Waals surface area contributed by atoms with Crippen LogP contribution in [0.1, 0.15) is 34.1 Å². The molecule has 3 N–H and O–H groups in total. The highest BCUT2D eigenvalue weighted by atomic mass is 32.2. The van der Waals surface area contributed by atoms with Crippen LogP contribution >= 0.6 is 11.8 Å². The van der Waals surface area contributed by atoms with Gasteiger partial charge in [0.1, 0.15) is 0 Å². The van der Waals surface area contributed by atoms with Crippen molar-refractivity contribution in [3.8, 4) is 0 Å². The average Bonchev–Trinajstić information content (AvgIpc) is 2.03. The quantitative estimate of drug-likeness (QED) is 0.696. The molecule has 80 valence electrons. The fourth-order valence-electron chi connectivity index (χ4n) is 0.701. The molecule has 0 rings (SSSR count). The fourth-order valence-corrected chi connectivity index (χ4v) is 2.10. The third-order valence-electron chi connectivity index (χ3n) is 2.49. The van der Waals surface area contributed by atoms with Gasteiger partial charge in [-0.1, -0.05) is 20.8 Å². The summed E-state index contributed by atoms with van der Waals surface area (Å²) in [6.07, 6.45) is 1.01. The monoisotopic (exact) mass is 205 g/mol. The van der Waals surface area contributed by atoms with Crippen molar-refractivity contribution in [2.45, 2.75) is 45.8 Å². The molecule has 0 amide bonds. The lowest BCUT2D eigenvalue weighted by Gasteiger charge is -2.27. The third kappa shape index (κ3) is 5.55. The molecule has 0 radical (unpaired) electrons. The first kappa shape index (κ1) is 13.3. The Morgan fingerprint density at radius 2 is 2.00 bits per heavy atom. The zero-order chi connectivity index (χ0) is 10.5. The van der Waals surface area contributed by atoms with E-state index in [9.17, 15) is 5.11 Å². The summed E-state index contributed by atoms with van der Waals surface area (Å²) in [5, 5.41) is 9.92. The maximum Gasteiger partial charge on any atom is 0.0732 e. The maximum atomic E-state index is 9.92. The molecule has 0 aromatic heterocycles. The van der Waals surface area contributed by atoms with E-state index in [2.05, 4.69) is 6.92 Å². The second-order valence-corrected chi connectivity index (χ2v) is 5.23. The molecular weight excluding hydrogens is 182 g/mol. The Hall–Kier alpha value is 0.270. The molecule has 0 heterocycles. The normalized spacial score (nSPS) is 18.7. The fraction of sp³-hybridized carbons (Fsp3) is 1.00. The molecule has 2 nitrogen and oxygen atoms in total. The Kier molecular flexibility index (Phi) is 6.01. The van der Waals surface area contributed by atoms with E-state index in [0.717, 1.165) is 17.9 Å². The highest BCUT2D eigenvalue weighted by molar-refractivity contribution is 7.99. The van der Waals surface area contributed by atoms with E-state index in [1.165, 1.54) is 0 Å². The molecule has 0 spiro atoms. The largest absolute Gasteiger partial charge is 0.389 e. The smallest absolute Gasteiger partial charge is 0.0732 e. The van der Waals surface area contributed by atoms with Gasteiger partial charge in [-0.25, -0.2) is 0 Å². The molecule has 2 atom stereocenters. The summed E-state index contributed by atoms with van der Waals surface area (Å²) < 4.78 is 0. The summed E-state index contributed by atoms with van der Waals surface area (Å²) in [6.45, 7) is 8.06. The summed E-state index contributed by atoms with van der Waals surface area (Å²) in [4.78, 5) is 0. The Morgan fingerprint density at radius 1 is 1.46 bits per heavy atom. The Bertz CT molecular complexity index is 137. The predicted octanol–water partition coefficient (Wildman–Crippen LogP) is 1.86. The number of rotatable bonds is 6. The van der Waals surface area contributed by atoms with Crippen molar-refractivity contribution in [2.24, 2.45) is 11.7 Å². The van der Waals surface area contributed by atoms with Crippen LogP contribution in [0, 0.1) is 5.92 Å². The lowest BCUT2D eigenvalue weighted by molar-refractivity contribution is 0.0376. The molecular formula is C10H23NOS. The van der Waals surface area contributed by atoms with E-state index in [1.54, 1.807) is 11.8 Å². The zero-order valence-corrected chi connectivity index (χ0v) is 10.0. The van der Waals surface area contributed by atoms with Crippen molar-refractivity contribution in [1.29, 1.82) is 0 Å².